The van der Waals surface area contributed by atoms with E-state index in [1.54, 1.807) is 14.2 Å². The zero-order valence-electron chi connectivity index (χ0n) is 21.8. The zero-order chi connectivity index (χ0) is 25.3. The molecule has 3 aromatic carbocycles. The Morgan fingerprint density at radius 3 is 2.11 bits per heavy atom. The highest BCUT2D eigenvalue weighted by Crippen LogP contribution is 2.48. The van der Waals surface area contributed by atoms with Gasteiger partial charge in [0.05, 0.1) is 20.6 Å². The number of nitrogens with zero attached hydrogens (tertiary/aromatic N) is 2. The number of ether oxygens (including phenoxy) is 2. The summed E-state index contributed by atoms with van der Waals surface area (Å²) in [6, 6.07) is 20.8. The number of benzene rings is 3. The third-order valence-electron chi connectivity index (χ3n) is 7.84. The van der Waals surface area contributed by atoms with E-state index in [4.69, 9.17) is 9.47 Å². The Balaban J connectivity index is 1.34. The Kier molecular flexibility index (Phi) is 6.76. The average Bonchev–Trinajstić information content (AvgIpc) is 3.19. The van der Waals surface area contributed by atoms with Gasteiger partial charge >= 0.3 is 0 Å². The summed E-state index contributed by atoms with van der Waals surface area (Å²) in [5, 5.41) is 0. The van der Waals surface area contributed by atoms with Crippen molar-refractivity contribution >= 4 is 11.6 Å². The van der Waals surface area contributed by atoms with Crippen LogP contribution in [0, 0.1) is 13.8 Å². The molecule has 5 rings (SSSR count). The molecule has 1 fully saturated rings. The lowest BCUT2D eigenvalue weighted by Gasteiger charge is -2.40. The van der Waals surface area contributed by atoms with E-state index >= 15 is 0 Å². The Hall–Kier alpha value is -3.31. The molecule has 0 aliphatic carbocycles. The van der Waals surface area contributed by atoms with Gasteiger partial charge < -0.3 is 14.4 Å². The molecule has 0 saturated carbocycles. The molecule has 2 aliphatic heterocycles. The van der Waals surface area contributed by atoms with Gasteiger partial charge in [0.25, 0.3) is 0 Å². The highest BCUT2D eigenvalue weighted by Gasteiger charge is 2.46. The van der Waals surface area contributed by atoms with E-state index in [-0.39, 0.29) is 11.3 Å². The summed E-state index contributed by atoms with van der Waals surface area (Å²) < 4.78 is 10.8. The fourth-order valence-electron chi connectivity index (χ4n) is 6.00. The maximum atomic E-state index is 13.5. The van der Waals surface area contributed by atoms with E-state index in [2.05, 4.69) is 49.1 Å². The van der Waals surface area contributed by atoms with Crippen LogP contribution in [0.25, 0.3) is 0 Å². The van der Waals surface area contributed by atoms with Gasteiger partial charge in [-0.2, -0.15) is 0 Å². The van der Waals surface area contributed by atoms with Crippen LogP contribution in [0.15, 0.2) is 60.7 Å². The van der Waals surface area contributed by atoms with Gasteiger partial charge in [0, 0.05) is 24.2 Å². The third kappa shape index (κ3) is 4.85. The van der Waals surface area contributed by atoms with Crippen LogP contribution in [0.2, 0.25) is 0 Å². The number of hydrogen-bond acceptors (Lipinski definition) is 4. The number of methoxy groups -OCH3 is 2. The first-order valence-corrected chi connectivity index (χ1v) is 12.8. The first-order chi connectivity index (χ1) is 17.4. The van der Waals surface area contributed by atoms with Gasteiger partial charge in [-0.3, -0.25) is 9.69 Å². The molecule has 0 radical (unpaired) electrons. The second-order valence-electron chi connectivity index (χ2n) is 10.4. The fourth-order valence-corrected chi connectivity index (χ4v) is 6.00. The van der Waals surface area contributed by atoms with Crippen molar-refractivity contribution in [3.63, 3.8) is 0 Å². The molecule has 0 N–H and O–H groups in total. The summed E-state index contributed by atoms with van der Waals surface area (Å²) in [6.07, 6.45) is 2.44. The number of aryl methyl sites for hydroxylation is 2. The number of anilines is 1. The number of fused-ring (bicyclic) bond motifs is 2. The number of amides is 1. The normalized spacial score (nSPS) is 16.7. The predicted octanol–water partition coefficient (Wildman–Crippen LogP) is 5.44. The van der Waals surface area contributed by atoms with Gasteiger partial charge in [0.1, 0.15) is 11.5 Å². The third-order valence-corrected chi connectivity index (χ3v) is 7.84. The lowest BCUT2D eigenvalue weighted by molar-refractivity contribution is -0.118. The van der Waals surface area contributed by atoms with E-state index < -0.39 is 0 Å². The Morgan fingerprint density at radius 2 is 1.47 bits per heavy atom. The Labute approximate surface area is 214 Å². The monoisotopic (exact) mass is 484 g/mol. The minimum absolute atomic E-state index is 0.0293. The molecule has 3 aromatic rings. The molecular weight excluding hydrogens is 448 g/mol. The molecule has 1 spiro atoms. The van der Waals surface area contributed by atoms with Gasteiger partial charge in [-0.15, -0.1) is 0 Å². The number of carbonyl (C=O) groups excluding carboxylic acids is 1. The van der Waals surface area contributed by atoms with Gasteiger partial charge in [-0.05, 0) is 86.8 Å². The van der Waals surface area contributed by atoms with Crippen LogP contribution in [-0.4, -0.2) is 44.7 Å². The van der Waals surface area contributed by atoms with Gasteiger partial charge in [-0.25, -0.2) is 0 Å². The first kappa shape index (κ1) is 24.4. The van der Waals surface area contributed by atoms with E-state index in [0.717, 1.165) is 61.8 Å². The second-order valence-corrected chi connectivity index (χ2v) is 10.4. The van der Waals surface area contributed by atoms with Crippen molar-refractivity contribution < 1.29 is 14.3 Å². The highest BCUT2D eigenvalue weighted by molar-refractivity contribution is 5.97. The van der Waals surface area contributed by atoms with E-state index in [1.807, 2.05) is 35.2 Å². The molecule has 2 heterocycles. The number of hydrogen-bond donors (Lipinski definition) is 0. The Morgan fingerprint density at radius 1 is 0.833 bits per heavy atom. The maximum Gasteiger partial charge on any atom is 0.231 e. The van der Waals surface area contributed by atoms with Crippen LogP contribution in [-0.2, 0) is 23.2 Å². The summed E-state index contributed by atoms with van der Waals surface area (Å²) in [7, 11) is 3.37. The number of likely N-dealkylation sites (tertiary alicyclic amines) is 1. The smallest absolute Gasteiger partial charge is 0.231 e. The minimum atomic E-state index is -0.0293. The number of rotatable bonds is 6. The van der Waals surface area contributed by atoms with Crippen LogP contribution in [0.1, 0.15) is 40.7 Å². The lowest BCUT2D eigenvalue weighted by atomic mass is 9.74. The molecule has 1 amide bonds. The molecule has 5 nitrogen and oxygen atoms in total. The van der Waals surface area contributed by atoms with Crippen molar-refractivity contribution in [2.24, 2.45) is 0 Å². The van der Waals surface area contributed by atoms with E-state index in [9.17, 15) is 4.79 Å². The fraction of sp³-hybridized carbons (Fsp3) is 0.387. The molecule has 188 valence electrons. The molecule has 0 atom stereocenters. The molecule has 36 heavy (non-hydrogen) atoms. The largest absolute Gasteiger partial charge is 0.497 e. The lowest BCUT2D eigenvalue weighted by Crippen LogP contribution is -2.46. The average molecular weight is 485 g/mol. The topological polar surface area (TPSA) is 42.0 Å². The second kappa shape index (κ2) is 9.98. The van der Waals surface area contributed by atoms with Gasteiger partial charge in [-0.1, -0.05) is 41.5 Å². The van der Waals surface area contributed by atoms with Gasteiger partial charge in [0.2, 0.25) is 5.91 Å². The first-order valence-electron chi connectivity index (χ1n) is 12.8. The summed E-state index contributed by atoms with van der Waals surface area (Å²) in [6.45, 7) is 8.09. The van der Waals surface area contributed by atoms with E-state index in [1.165, 1.54) is 22.3 Å². The van der Waals surface area contributed by atoms with Crippen LogP contribution in [0.4, 0.5) is 5.69 Å². The van der Waals surface area contributed by atoms with Crippen molar-refractivity contribution in [2.75, 3.05) is 38.8 Å². The van der Waals surface area contributed by atoms with Crippen LogP contribution < -0.4 is 14.4 Å². The number of carbonyl (C=O) groups is 1. The van der Waals surface area contributed by atoms with Crippen molar-refractivity contribution in [1.82, 2.24) is 4.90 Å². The van der Waals surface area contributed by atoms with Crippen molar-refractivity contribution in [2.45, 2.75) is 45.1 Å². The molecule has 5 heteroatoms. The number of piperidine rings is 1. The molecule has 1 saturated heterocycles. The Bertz CT molecular complexity index is 1220. The summed E-state index contributed by atoms with van der Waals surface area (Å²) in [4.78, 5) is 18.1. The standard InChI is InChI=1S/C31H36N2O3/c1-22-15-23(2)17-25(16-22)20-32-13-11-31(12-14-32)21-33(29-10-9-27(36-4)19-28(29)31)30(34)18-24-5-7-26(35-3)8-6-24/h5-10,15-17,19H,11-14,18,20-21H2,1-4H3. The summed E-state index contributed by atoms with van der Waals surface area (Å²) >= 11 is 0. The molecular formula is C31H36N2O3. The van der Waals surface area contributed by atoms with E-state index in [0.29, 0.717) is 6.42 Å². The minimum Gasteiger partial charge on any atom is -0.497 e. The van der Waals surface area contributed by atoms with Crippen LogP contribution in [0.3, 0.4) is 0 Å². The summed E-state index contributed by atoms with van der Waals surface area (Å²) in [5.41, 5.74) is 7.29. The highest BCUT2D eigenvalue weighted by atomic mass is 16.5. The van der Waals surface area contributed by atoms with Crippen molar-refractivity contribution in [3.8, 4) is 11.5 Å². The van der Waals surface area contributed by atoms with Gasteiger partial charge in [0.15, 0.2) is 0 Å². The molecule has 0 aromatic heterocycles. The maximum absolute atomic E-state index is 13.5. The molecule has 0 bridgehead atoms. The van der Waals surface area contributed by atoms with Crippen molar-refractivity contribution in [3.05, 3.63) is 88.5 Å². The van der Waals surface area contributed by atoms with Crippen LogP contribution >= 0.6 is 0 Å². The van der Waals surface area contributed by atoms with Crippen molar-refractivity contribution in [1.29, 1.82) is 0 Å². The molecule has 2 aliphatic rings. The molecule has 0 unspecified atom stereocenters. The predicted molar refractivity (Wildman–Crippen MR) is 144 cm³/mol. The zero-order valence-corrected chi connectivity index (χ0v) is 21.8. The van der Waals surface area contributed by atoms with Crippen LogP contribution in [0.5, 0.6) is 11.5 Å². The summed E-state index contributed by atoms with van der Waals surface area (Å²) in [5.74, 6) is 1.80. The SMILES string of the molecule is COc1ccc(CC(=O)N2CC3(CCN(Cc4cc(C)cc(C)c4)CC3)c3cc(OC)ccc32)cc1. The quantitative estimate of drug-likeness (QED) is 0.467.